The molecule has 0 atom stereocenters. The molecule has 0 spiro atoms. The number of fused-ring (bicyclic) bond motifs is 1. The Kier molecular flexibility index (Phi) is 4.49. The van der Waals surface area contributed by atoms with Gasteiger partial charge in [0.2, 0.25) is 0 Å². The van der Waals surface area contributed by atoms with Crippen molar-refractivity contribution in [2.75, 3.05) is 5.32 Å². The first-order valence-electron chi connectivity index (χ1n) is 8.96. The first kappa shape index (κ1) is 17.7. The third kappa shape index (κ3) is 3.07. The van der Waals surface area contributed by atoms with Gasteiger partial charge in [-0.15, -0.1) is 0 Å². The smallest absolute Gasteiger partial charge is 0.298 e. The Bertz CT molecular complexity index is 1190. The van der Waals surface area contributed by atoms with Crippen LogP contribution in [0.15, 0.2) is 73.1 Å². The second-order valence-electron chi connectivity index (χ2n) is 6.66. The third-order valence-corrected chi connectivity index (χ3v) is 4.91. The molecule has 0 saturated carbocycles. The van der Waals surface area contributed by atoms with E-state index in [4.69, 9.17) is 0 Å². The van der Waals surface area contributed by atoms with Gasteiger partial charge >= 0.3 is 0 Å². The molecule has 0 aliphatic heterocycles. The SMILES string of the molecule is Cc1cc(-c2ccccc2)c(C(=O)C(=O)Nc2cccc3ccncc23)n1C. The molecule has 0 fully saturated rings. The van der Waals surface area contributed by atoms with Crippen molar-refractivity contribution in [2.45, 2.75) is 6.92 Å². The van der Waals surface area contributed by atoms with Gasteiger partial charge in [-0.25, -0.2) is 0 Å². The molecule has 0 radical (unpaired) electrons. The van der Waals surface area contributed by atoms with Gasteiger partial charge in [0.15, 0.2) is 0 Å². The molecule has 2 aromatic heterocycles. The first-order chi connectivity index (χ1) is 13.6. The lowest BCUT2D eigenvalue weighted by Gasteiger charge is -2.10. The van der Waals surface area contributed by atoms with Crippen LogP contribution in [0.2, 0.25) is 0 Å². The van der Waals surface area contributed by atoms with Gasteiger partial charge < -0.3 is 9.88 Å². The van der Waals surface area contributed by atoms with E-state index in [9.17, 15) is 9.59 Å². The molecule has 0 aliphatic carbocycles. The Balaban J connectivity index is 1.71. The summed E-state index contributed by atoms with van der Waals surface area (Å²) >= 11 is 0. The minimum Gasteiger partial charge on any atom is -0.345 e. The lowest BCUT2D eigenvalue weighted by atomic mass is 10.0. The van der Waals surface area contributed by atoms with Crippen molar-refractivity contribution in [2.24, 2.45) is 7.05 Å². The summed E-state index contributed by atoms with van der Waals surface area (Å²) in [7, 11) is 1.80. The molecule has 0 saturated heterocycles. The van der Waals surface area contributed by atoms with Gasteiger partial charge in [0, 0.05) is 36.1 Å². The van der Waals surface area contributed by atoms with Crippen LogP contribution in [0.1, 0.15) is 16.2 Å². The summed E-state index contributed by atoms with van der Waals surface area (Å²) in [5, 5.41) is 4.49. The molecule has 1 N–H and O–H groups in total. The molecule has 2 heterocycles. The molecular weight excluding hydrogens is 350 g/mol. The molecule has 138 valence electrons. The number of amides is 1. The Labute approximate surface area is 162 Å². The van der Waals surface area contributed by atoms with Crippen molar-refractivity contribution < 1.29 is 9.59 Å². The molecule has 5 heteroatoms. The minimum atomic E-state index is -0.672. The van der Waals surface area contributed by atoms with Crippen molar-refractivity contribution in [3.05, 3.63) is 84.4 Å². The lowest BCUT2D eigenvalue weighted by Crippen LogP contribution is -2.25. The van der Waals surface area contributed by atoms with Crippen LogP contribution >= 0.6 is 0 Å². The number of hydrogen-bond donors (Lipinski definition) is 1. The van der Waals surface area contributed by atoms with E-state index < -0.39 is 11.7 Å². The zero-order valence-electron chi connectivity index (χ0n) is 15.6. The lowest BCUT2D eigenvalue weighted by molar-refractivity contribution is -0.112. The Morgan fingerprint density at radius 1 is 1.00 bits per heavy atom. The average molecular weight is 369 g/mol. The fourth-order valence-electron chi connectivity index (χ4n) is 3.35. The average Bonchev–Trinajstić information content (AvgIpc) is 3.03. The van der Waals surface area contributed by atoms with Crippen LogP contribution in [0, 0.1) is 6.92 Å². The molecule has 0 aliphatic rings. The Morgan fingerprint density at radius 3 is 2.57 bits per heavy atom. The molecule has 4 rings (SSSR count). The van der Waals surface area contributed by atoms with E-state index >= 15 is 0 Å². The molecule has 0 bridgehead atoms. The number of aromatic nitrogens is 2. The summed E-state index contributed by atoms with van der Waals surface area (Å²) in [6, 6.07) is 18.9. The first-order valence-corrected chi connectivity index (χ1v) is 8.96. The number of benzene rings is 2. The molecule has 4 aromatic rings. The van der Waals surface area contributed by atoms with Crippen molar-refractivity contribution >= 4 is 28.2 Å². The minimum absolute atomic E-state index is 0.375. The molecule has 5 nitrogen and oxygen atoms in total. The van der Waals surface area contributed by atoms with Crippen molar-refractivity contribution in [3.63, 3.8) is 0 Å². The predicted molar refractivity (Wildman–Crippen MR) is 110 cm³/mol. The van der Waals surface area contributed by atoms with Crippen LogP contribution in [-0.4, -0.2) is 21.2 Å². The van der Waals surface area contributed by atoms with Crippen molar-refractivity contribution in [3.8, 4) is 11.1 Å². The van der Waals surface area contributed by atoms with Crippen LogP contribution in [0.4, 0.5) is 5.69 Å². The van der Waals surface area contributed by atoms with Gasteiger partial charge in [0.05, 0.1) is 5.69 Å². The number of Topliss-reactive ketones (excluding diaryl/α,β-unsaturated/α-hetero) is 1. The number of nitrogens with one attached hydrogen (secondary N) is 1. The van der Waals surface area contributed by atoms with Gasteiger partial charge in [-0.1, -0.05) is 42.5 Å². The number of aryl methyl sites for hydroxylation is 1. The monoisotopic (exact) mass is 369 g/mol. The summed E-state index contributed by atoms with van der Waals surface area (Å²) in [6.07, 6.45) is 3.37. The highest BCUT2D eigenvalue weighted by Gasteiger charge is 2.25. The van der Waals surface area contributed by atoms with Crippen LogP contribution < -0.4 is 5.32 Å². The maximum absolute atomic E-state index is 13.1. The van der Waals surface area contributed by atoms with Gasteiger partial charge in [0.25, 0.3) is 11.7 Å². The molecule has 2 aromatic carbocycles. The van der Waals surface area contributed by atoms with Gasteiger partial charge in [-0.05, 0) is 36.1 Å². The zero-order valence-corrected chi connectivity index (χ0v) is 15.6. The van der Waals surface area contributed by atoms with E-state index in [2.05, 4.69) is 10.3 Å². The molecule has 0 unspecified atom stereocenters. The number of pyridine rings is 1. The molecule has 1 amide bonds. The van der Waals surface area contributed by atoms with E-state index in [-0.39, 0.29) is 0 Å². The van der Waals surface area contributed by atoms with Crippen molar-refractivity contribution in [1.29, 1.82) is 0 Å². The van der Waals surface area contributed by atoms with Crippen LogP contribution in [0.5, 0.6) is 0 Å². The van der Waals surface area contributed by atoms with Crippen molar-refractivity contribution in [1.82, 2.24) is 9.55 Å². The number of hydrogen-bond acceptors (Lipinski definition) is 3. The second-order valence-corrected chi connectivity index (χ2v) is 6.66. The summed E-state index contributed by atoms with van der Waals surface area (Å²) in [6.45, 7) is 1.91. The summed E-state index contributed by atoms with van der Waals surface area (Å²) in [5.41, 5.74) is 3.50. The number of anilines is 1. The van der Waals surface area contributed by atoms with E-state index in [1.807, 2.05) is 61.5 Å². The molecule has 28 heavy (non-hydrogen) atoms. The fourth-order valence-corrected chi connectivity index (χ4v) is 3.35. The van der Waals surface area contributed by atoms with Gasteiger partial charge in [-0.3, -0.25) is 14.6 Å². The summed E-state index contributed by atoms with van der Waals surface area (Å²) in [5.74, 6) is -1.25. The fraction of sp³-hybridized carbons (Fsp3) is 0.0870. The topological polar surface area (TPSA) is 64.0 Å². The van der Waals surface area contributed by atoms with E-state index in [1.165, 1.54) is 0 Å². The van der Waals surface area contributed by atoms with Crippen LogP contribution in [0.3, 0.4) is 0 Å². The largest absolute Gasteiger partial charge is 0.345 e. The van der Waals surface area contributed by atoms with Crippen LogP contribution in [0.25, 0.3) is 21.9 Å². The normalized spacial score (nSPS) is 10.8. The maximum Gasteiger partial charge on any atom is 0.298 e. The van der Waals surface area contributed by atoms with Gasteiger partial charge in [-0.2, -0.15) is 0 Å². The summed E-state index contributed by atoms with van der Waals surface area (Å²) < 4.78 is 1.76. The number of ketones is 1. The standard InChI is InChI=1S/C23H19N3O2/c1-15-13-18(16-7-4-3-5-8-16)21(26(15)2)22(27)23(28)25-20-10-6-9-17-11-12-24-14-19(17)20/h3-14H,1-2H3,(H,25,28). The Morgan fingerprint density at radius 2 is 1.79 bits per heavy atom. The third-order valence-electron chi connectivity index (χ3n) is 4.91. The van der Waals surface area contributed by atoms with E-state index in [0.29, 0.717) is 11.4 Å². The number of nitrogens with zero attached hydrogens (tertiary/aromatic N) is 2. The number of rotatable bonds is 4. The highest BCUT2D eigenvalue weighted by molar-refractivity contribution is 6.47. The number of carbonyl (C=O) groups is 2. The highest BCUT2D eigenvalue weighted by Crippen LogP contribution is 2.28. The van der Waals surface area contributed by atoms with Crippen LogP contribution in [-0.2, 0) is 11.8 Å². The zero-order chi connectivity index (χ0) is 19.7. The number of carbonyl (C=O) groups excluding carboxylic acids is 2. The van der Waals surface area contributed by atoms with E-state index in [0.717, 1.165) is 27.6 Å². The quantitative estimate of drug-likeness (QED) is 0.429. The molecular formula is C23H19N3O2. The second kappa shape index (κ2) is 7.12. The predicted octanol–water partition coefficient (Wildman–Crippen LogP) is 4.37. The maximum atomic E-state index is 13.1. The summed E-state index contributed by atoms with van der Waals surface area (Å²) in [4.78, 5) is 30.0. The van der Waals surface area contributed by atoms with E-state index in [1.54, 1.807) is 30.1 Å². The van der Waals surface area contributed by atoms with Gasteiger partial charge in [0.1, 0.15) is 5.69 Å². The Hall–Kier alpha value is -3.73. The highest BCUT2D eigenvalue weighted by atomic mass is 16.2.